The molecule has 0 aromatic heterocycles. The van der Waals surface area contributed by atoms with Crippen molar-refractivity contribution in [2.45, 2.75) is 11.8 Å². The number of nitro benzene ring substituents is 1. The van der Waals surface area contributed by atoms with Crippen molar-refractivity contribution < 1.29 is 22.9 Å². The summed E-state index contributed by atoms with van der Waals surface area (Å²) in [5.41, 5.74) is 1.13. The number of non-ortho nitro benzene ring substituents is 1. The second-order valence-corrected chi connectivity index (χ2v) is 8.36. The van der Waals surface area contributed by atoms with Gasteiger partial charge in [0.2, 0.25) is 0 Å². The van der Waals surface area contributed by atoms with Gasteiger partial charge in [-0.15, -0.1) is 0 Å². The van der Waals surface area contributed by atoms with E-state index in [0.717, 1.165) is 5.56 Å². The van der Waals surface area contributed by atoms with Crippen LogP contribution in [0.3, 0.4) is 0 Å². The van der Waals surface area contributed by atoms with Gasteiger partial charge in [0.25, 0.3) is 5.69 Å². The van der Waals surface area contributed by atoms with Crippen LogP contribution in [0.25, 0.3) is 0 Å². The SMILES string of the molecule is Cc1ccc(S(=O)(=O)CC(=O)c2ccc(Oc3ccc([N+](=O)[O-])cc3)cc2)cc1. The average Bonchev–Trinajstić information content (AvgIpc) is 2.69. The average molecular weight is 411 g/mol. The van der Waals surface area contributed by atoms with Crippen molar-refractivity contribution in [2.75, 3.05) is 5.75 Å². The molecule has 3 aromatic rings. The number of rotatable bonds is 7. The number of benzene rings is 3. The maximum Gasteiger partial charge on any atom is 0.269 e. The van der Waals surface area contributed by atoms with Crippen LogP contribution in [-0.4, -0.2) is 24.9 Å². The summed E-state index contributed by atoms with van der Waals surface area (Å²) in [6.45, 7) is 1.85. The molecule has 0 amide bonds. The van der Waals surface area contributed by atoms with E-state index in [1.54, 1.807) is 12.1 Å². The molecule has 0 aliphatic heterocycles. The lowest BCUT2D eigenvalue weighted by atomic mass is 10.1. The number of ketones is 1. The molecule has 0 aliphatic rings. The molecule has 3 rings (SSSR count). The van der Waals surface area contributed by atoms with Crippen LogP contribution in [0.5, 0.6) is 11.5 Å². The van der Waals surface area contributed by atoms with Crippen LogP contribution in [0.4, 0.5) is 5.69 Å². The fraction of sp³-hybridized carbons (Fsp3) is 0.0952. The van der Waals surface area contributed by atoms with Crippen LogP contribution in [-0.2, 0) is 9.84 Å². The summed E-state index contributed by atoms with van der Waals surface area (Å²) in [5, 5.41) is 10.7. The zero-order valence-electron chi connectivity index (χ0n) is 15.4. The van der Waals surface area contributed by atoms with Gasteiger partial charge >= 0.3 is 0 Å². The first-order chi connectivity index (χ1) is 13.7. The first kappa shape index (κ1) is 20.2. The van der Waals surface area contributed by atoms with Crippen molar-refractivity contribution >= 4 is 21.3 Å². The number of carbonyl (C=O) groups is 1. The highest BCUT2D eigenvalue weighted by molar-refractivity contribution is 7.92. The van der Waals surface area contributed by atoms with Crippen LogP contribution in [0.2, 0.25) is 0 Å². The number of aryl methyl sites for hydroxylation is 1. The lowest BCUT2D eigenvalue weighted by molar-refractivity contribution is -0.384. The topological polar surface area (TPSA) is 104 Å². The molecule has 29 heavy (non-hydrogen) atoms. The van der Waals surface area contributed by atoms with Crippen LogP contribution in [0.1, 0.15) is 15.9 Å². The van der Waals surface area contributed by atoms with Gasteiger partial charge in [0.15, 0.2) is 15.6 Å². The van der Waals surface area contributed by atoms with E-state index in [2.05, 4.69) is 0 Å². The highest BCUT2D eigenvalue weighted by Crippen LogP contribution is 2.24. The zero-order valence-corrected chi connectivity index (χ0v) is 16.3. The zero-order chi connectivity index (χ0) is 21.0. The standard InChI is InChI=1S/C21H17NO6S/c1-15-2-12-20(13-3-15)29(26,27)14-21(23)16-4-8-18(9-5-16)28-19-10-6-17(7-11-19)22(24)25/h2-13H,14H2,1H3. The monoisotopic (exact) mass is 411 g/mol. The number of ether oxygens (including phenoxy) is 1. The van der Waals surface area contributed by atoms with Gasteiger partial charge in [-0.25, -0.2) is 8.42 Å². The summed E-state index contributed by atoms with van der Waals surface area (Å²) >= 11 is 0. The molecule has 0 radical (unpaired) electrons. The minimum atomic E-state index is -3.73. The molecular formula is C21H17NO6S. The predicted octanol–water partition coefficient (Wildman–Crippen LogP) is 4.35. The van der Waals surface area contributed by atoms with E-state index >= 15 is 0 Å². The third-order valence-electron chi connectivity index (χ3n) is 4.16. The van der Waals surface area contributed by atoms with Crippen molar-refractivity contribution in [1.29, 1.82) is 0 Å². The van der Waals surface area contributed by atoms with Crippen molar-refractivity contribution in [3.63, 3.8) is 0 Å². The summed E-state index contributed by atoms with van der Waals surface area (Å²) in [5.74, 6) is -0.334. The number of nitrogens with zero attached hydrogens (tertiary/aromatic N) is 1. The molecule has 0 unspecified atom stereocenters. The summed E-state index contributed by atoms with van der Waals surface area (Å²) in [4.78, 5) is 22.7. The summed E-state index contributed by atoms with van der Waals surface area (Å²) in [6.07, 6.45) is 0. The Kier molecular flexibility index (Phi) is 5.74. The molecule has 0 bridgehead atoms. The van der Waals surface area contributed by atoms with Crippen molar-refractivity contribution in [3.05, 3.63) is 94.0 Å². The van der Waals surface area contributed by atoms with Gasteiger partial charge in [-0.2, -0.15) is 0 Å². The third-order valence-corrected chi connectivity index (χ3v) is 5.79. The Labute approximate surface area is 167 Å². The van der Waals surface area contributed by atoms with Gasteiger partial charge in [0.1, 0.15) is 17.3 Å². The van der Waals surface area contributed by atoms with E-state index < -0.39 is 26.3 Å². The Morgan fingerprint density at radius 3 is 1.93 bits per heavy atom. The smallest absolute Gasteiger partial charge is 0.269 e. The molecule has 0 N–H and O–H groups in total. The largest absolute Gasteiger partial charge is 0.457 e. The highest BCUT2D eigenvalue weighted by atomic mass is 32.2. The Balaban J connectivity index is 1.68. The number of carbonyl (C=O) groups excluding carboxylic acids is 1. The Morgan fingerprint density at radius 1 is 0.897 bits per heavy atom. The van der Waals surface area contributed by atoms with E-state index in [1.807, 2.05) is 6.92 Å². The number of hydrogen-bond acceptors (Lipinski definition) is 6. The molecule has 0 fully saturated rings. The summed E-state index contributed by atoms with van der Waals surface area (Å²) in [6, 6.07) is 17.9. The lowest BCUT2D eigenvalue weighted by Crippen LogP contribution is -2.16. The van der Waals surface area contributed by atoms with E-state index in [9.17, 15) is 23.3 Å². The molecule has 148 valence electrons. The van der Waals surface area contributed by atoms with Crippen LogP contribution < -0.4 is 4.74 Å². The molecule has 7 nitrogen and oxygen atoms in total. The lowest BCUT2D eigenvalue weighted by Gasteiger charge is -2.07. The molecule has 3 aromatic carbocycles. The van der Waals surface area contributed by atoms with E-state index in [-0.39, 0.29) is 16.1 Å². The molecule has 0 saturated carbocycles. The highest BCUT2D eigenvalue weighted by Gasteiger charge is 2.20. The van der Waals surface area contributed by atoms with Gasteiger partial charge < -0.3 is 4.74 Å². The van der Waals surface area contributed by atoms with Crippen molar-refractivity contribution in [1.82, 2.24) is 0 Å². The normalized spacial score (nSPS) is 11.1. The Bertz CT molecular complexity index is 1140. The quantitative estimate of drug-likeness (QED) is 0.325. The number of hydrogen-bond donors (Lipinski definition) is 0. The Morgan fingerprint density at radius 2 is 1.41 bits per heavy atom. The fourth-order valence-electron chi connectivity index (χ4n) is 2.57. The predicted molar refractivity (Wildman–Crippen MR) is 107 cm³/mol. The minimum absolute atomic E-state index is 0.0481. The molecule has 0 atom stereocenters. The second kappa shape index (κ2) is 8.24. The van der Waals surface area contributed by atoms with E-state index in [4.69, 9.17) is 4.74 Å². The van der Waals surface area contributed by atoms with E-state index in [1.165, 1.54) is 60.7 Å². The molecule has 8 heteroatoms. The maximum atomic E-state index is 12.4. The van der Waals surface area contributed by atoms with Crippen molar-refractivity contribution in [3.8, 4) is 11.5 Å². The molecule has 0 aliphatic carbocycles. The molecule has 0 saturated heterocycles. The van der Waals surface area contributed by atoms with Gasteiger partial charge in [0, 0.05) is 17.7 Å². The minimum Gasteiger partial charge on any atom is -0.457 e. The summed E-state index contributed by atoms with van der Waals surface area (Å²) < 4.78 is 30.4. The molecule has 0 spiro atoms. The van der Waals surface area contributed by atoms with Crippen LogP contribution in [0.15, 0.2) is 77.7 Å². The first-order valence-corrected chi connectivity index (χ1v) is 10.2. The van der Waals surface area contributed by atoms with E-state index in [0.29, 0.717) is 11.5 Å². The van der Waals surface area contributed by atoms with Gasteiger partial charge in [0.05, 0.1) is 9.82 Å². The van der Waals surface area contributed by atoms with Gasteiger partial charge in [-0.05, 0) is 55.5 Å². The van der Waals surface area contributed by atoms with Crippen LogP contribution >= 0.6 is 0 Å². The fourth-order valence-corrected chi connectivity index (χ4v) is 3.79. The first-order valence-electron chi connectivity index (χ1n) is 8.59. The second-order valence-electron chi connectivity index (χ2n) is 6.37. The number of nitro groups is 1. The Hall–Kier alpha value is -3.52. The maximum absolute atomic E-state index is 12.4. The number of sulfone groups is 1. The van der Waals surface area contributed by atoms with Crippen LogP contribution in [0, 0.1) is 17.0 Å². The van der Waals surface area contributed by atoms with Crippen molar-refractivity contribution in [2.24, 2.45) is 0 Å². The van der Waals surface area contributed by atoms with Gasteiger partial charge in [-0.3, -0.25) is 14.9 Å². The third kappa shape index (κ3) is 5.05. The molecule has 0 heterocycles. The van der Waals surface area contributed by atoms with Gasteiger partial charge in [-0.1, -0.05) is 17.7 Å². The summed E-state index contributed by atoms with van der Waals surface area (Å²) in [7, 11) is -3.73. The number of Topliss-reactive ketones (excluding diaryl/α,β-unsaturated/α-hetero) is 1. The molecular weight excluding hydrogens is 394 g/mol.